The molecule has 1 aliphatic rings. The normalized spacial score (nSPS) is 15.8. The van der Waals surface area contributed by atoms with E-state index in [1.807, 2.05) is 0 Å². The van der Waals surface area contributed by atoms with E-state index in [0.717, 1.165) is 58.2 Å². The summed E-state index contributed by atoms with van der Waals surface area (Å²) < 4.78 is 4.99. The molecular formula is C21H36N4O3. The summed E-state index contributed by atoms with van der Waals surface area (Å²) in [6.07, 6.45) is 5.99. The lowest BCUT2D eigenvalue weighted by Crippen LogP contribution is -2.46. The quantitative estimate of drug-likeness (QED) is 0.624. The molecule has 0 bridgehead atoms. The van der Waals surface area contributed by atoms with Crippen molar-refractivity contribution in [3.63, 3.8) is 0 Å². The predicted octanol–water partition coefficient (Wildman–Crippen LogP) is 3.45. The molecule has 1 saturated carbocycles. The minimum Gasteiger partial charge on any atom is -0.360 e. The van der Waals surface area contributed by atoms with Crippen LogP contribution in [0.2, 0.25) is 0 Å². The fourth-order valence-electron chi connectivity index (χ4n) is 3.93. The second kappa shape index (κ2) is 11.2. The number of hydrogen-bond acceptors (Lipinski definition) is 5. The number of aromatic nitrogens is 1. The molecule has 0 aliphatic heterocycles. The number of rotatable bonds is 11. The first-order valence-electron chi connectivity index (χ1n) is 10.7. The van der Waals surface area contributed by atoms with Gasteiger partial charge in [0, 0.05) is 18.0 Å². The smallest absolute Gasteiger partial charge is 0.245 e. The third-order valence-corrected chi connectivity index (χ3v) is 5.72. The number of nitrogens with zero attached hydrogens (tertiary/aromatic N) is 3. The average molecular weight is 393 g/mol. The Morgan fingerprint density at radius 2 is 1.96 bits per heavy atom. The predicted molar refractivity (Wildman–Crippen MR) is 110 cm³/mol. The van der Waals surface area contributed by atoms with Crippen LogP contribution in [0.4, 0.5) is 5.82 Å². The maximum absolute atomic E-state index is 13.1. The van der Waals surface area contributed by atoms with E-state index in [0.29, 0.717) is 11.6 Å². The molecular weight excluding hydrogens is 356 g/mol. The van der Waals surface area contributed by atoms with Gasteiger partial charge in [0.15, 0.2) is 5.82 Å². The molecule has 1 N–H and O–H groups in total. The van der Waals surface area contributed by atoms with E-state index >= 15 is 0 Å². The summed E-state index contributed by atoms with van der Waals surface area (Å²) in [5.41, 5.74) is 0. The summed E-state index contributed by atoms with van der Waals surface area (Å²) in [6.45, 7) is 11.3. The van der Waals surface area contributed by atoms with E-state index in [1.54, 1.807) is 17.9 Å². The monoisotopic (exact) mass is 392 g/mol. The second-order valence-corrected chi connectivity index (χ2v) is 7.84. The van der Waals surface area contributed by atoms with Crippen LogP contribution >= 0.6 is 0 Å². The number of amides is 2. The summed E-state index contributed by atoms with van der Waals surface area (Å²) >= 11 is 0. The lowest BCUT2D eigenvalue weighted by Gasteiger charge is -2.31. The fourth-order valence-corrected chi connectivity index (χ4v) is 3.93. The topological polar surface area (TPSA) is 78.7 Å². The van der Waals surface area contributed by atoms with E-state index < -0.39 is 0 Å². The van der Waals surface area contributed by atoms with Gasteiger partial charge < -0.3 is 19.6 Å². The number of carbonyl (C=O) groups excluding carboxylic acids is 2. The third-order valence-electron chi connectivity index (χ3n) is 5.72. The molecule has 0 radical (unpaired) electrons. The van der Waals surface area contributed by atoms with Crippen molar-refractivity contribution in [1.29, 1.82) is 0 Å². The van der Waals surface area contributed by atoms with Gasteiger partial charge in [-0.05, 0) is 59.2 Å². The second-order valence-electron chi connectivity index (χ2n) is 7.84. The van der Waals surface area contributed by atoms with E-state index in [4.69, 9.17) is 4.52 Å². The van der Waals surface area contributed by atoms with Crippen molar-refractivity contribution in [2.24, 2.45) is 5.92 Å². The first-order chi connectivity index (χ1) is 13.4. The Morgan fingerprint density at radius 3 is 2.54 bits per heavy atom. The van der Waals surface area contributed by atoms with Crippen LogP contribution < -0.4 is 5.32 Å². The molecule has 1 heterocycles. The molecule has 1 aromatic rings. The van der Waals surface area contributed by atoms with Gasteiger partial charge in [0.05, 0.1) is 0 Å². The van der Waals surface area contributed by atoms with Crippen LogP contribution in [0.15, 0.2) is 10.6 Å². The van der Waals surface area contributed by atoms with Crippen molar-refractivity contribution < 1.29 is 14.1 Å². The Balaban J connectivity index is 1.96. The van der Waals surface area contributed by atoms with Gasteiger partial charge in [-0.1, -0.05) is 31.8 Å². The molecule has 28 heavy (non-hydrogen) atoms. The highest BCUT2D eigenvalue weighted by atomic mass is 16.5. The number of anilines is 1. The van der Waals surface area contributed by atoms with Gasteiger partial charge in [0.25, 0.3) is 0 Å². The van der Waals surface area contributed by atoms with Gasteiger partial charge in [-0.3, -0.25) is 9.59 Å². The lowest BCUT2D eigenvalue weighted by molar-refractivity contribution is -0.140. The molecule has 0 spiro atoms. The van der Waals surface area contributed by atoms with Crippen LogP contribution in [0.3, 0.4) is 0 Å². The Bertz CT molecular complexity index is 621. The molecule has 0 unspecified atom stereocenters. The summed E-state index contributed by atoms with van der Waals surface area (Å²) in [4.78, 5) is 29.8. The van der Waals surface area contributed by atoms with E-state index in [2.05, 4.69) is 36.1 Å². The molecule has 158 valence electrons. The molecule has 7 nitrogen and oxygen atoms in total. The molecule has 7 heteroatoms. The molecule has 0 aromatic carbocycles. The zero-order valence-corrected chi connectivity index (χ0v) is 17.9. The summed E-state index contributed by atoms with van der Waals surface area (Å²) in [5.74, 6) is 0.991. The summed E-state index contributed by atoms with van der Waals surface area (Å²) in [5, 5.41) is 6.54. The van der Waals surface area contributed by atoms with Crippen LogP contribution in [-0.4, -0.2) is 59.0 Å². The van der Waals surface area contributed by atoms with Crippen LogP contribution in [0.5, 0.6) is 0 Å². The van der Waals surface area contributed by atoms with Crippen molar-refractivity contribution in [3.05, 3.63) is 11.8 Å². The highest BCUT2D eigenvalue weighted by molar-refractivity contribution is 5.94. The van der Waals surface area contributed by atoms with E-state index in [1.165, 1.54) is 0 Å². The van der Waals surface area contributed by atoms with Gasteiger partial charge >= 0.3 is 0 Å². The Hall–Kier alpha value is -1.89. The highest BCUT2D eigenvalue weighted by Gasteiger charge is 2.31. The SMILES string of the molecule is CCN(CC)CCC[C@H](C)N(CC(=O)Nc1cc(C)on1)C(=O)C1CCCC1. The van der Waals surface area contributed by atoms with Crippen LogP contribution in [-0.2, 0) is 9.59 Å². The summed E-state index contributed by atoms with van der Waals surface area (Å²) in [7, 11) is 0. The first-order valence-corrected chi connectivity index (χ1v) is 10.7. The largest absolute Gasteiger partial charge is 0.360 e. The molecule has 0 saturated heterocycles. The van der Waals surface area contributed by atoms with Crippen LogP contribution in [0, 0.1) is 12.8 Å². The summed E-state index contributed by atoms with van der Waals surface area (Å²) in [6, 6.07) is 1.71. The molecule has 2 amide bonds. The number of hydrogen-bond donors (Lipinski definition) is 1. The Labute approximate surface area is 168 Å². The molecule has 1 fully saturated rings. The zero-order chi connectivity index (χ0) is 20.5. The van der Waals surface area contributed by atoms with E-state index in [-0.39, 0.29) is 30.3 Å². The number of carbonyl (C=O) groups is 2. The van der Waals surface area contributed by atoms with Gasteiger partial charge in [0.2, 0.25) is 11.8 Å². The van der Waals surface area contributed by atoms with Crippen molar-refractivity contribution in [2.75, 3.05) is 31.5 Å². The third kappa shape index (κ3) is 6.62. The minimum atomic E-state index is -0.227. The number of aryl methyl sites for hydroxylation is 1. The maximum Gasteiger partial charge on any atom is 0.245 e. The molecule has 1 aliphatic carbocycles. The van der Waals surface area contributed by atoms with Crippen molar-refractivity contribution in [1.82, 2.24) is 15.0 Å². The van der Waals surface area contributed by atoms with Gasteiger partial charge in [-0.2, -0.15) is 0 Å². The molecule has 1 aromatic heterocycles. The van der Waals surface area contributed by atoms with Crippen molar-refractivity contribution in [2.45, 2.75) is 72.3 Å². The Morgan fingerprint density at radius 1 is 1.29 bits per heavy atom. The molecule has 2 rings (SSSR count). The van der Waals surface area contributed by atoms with E-state index in [9.17, 15) is 9.59 Å². The average Bonchev–Trinajstić information content (AvgIpc) is 3.34. The van der Waals surface area contributed by atoms with Gasteiger partial charge in [0.1, 0.15) is 12.3 Å². The lowest BCUT2D eigenvalue weighted by atomic mass is 10.0. The minimum absolute atomic E-state index is 0.0356. The van der Waals surface area contributed by atoms with Gasteiger partial charge in [-0.25, -0.2) is 0 Å². The highest BCUT2D eigenvalue weighted by Crippen LogP contribution is 2.27. The van der Waals surface area contributed by atoms with Gasteiger partial charge in [-0.15, -0.1) is 0 Å². The standard InChI is InChI=1S/C21H36N4O3/c1-5-24(6-2)13-9-10-16(3)25(21(27)18-11-7-8-12-18)15-20(26)22-19-14-17(4)28-23-19/h14,16,18H,5-13,15H2,1-4H3,(H,22,23,26)/t16-/m0/s1. The van der Waals surface area contributed by atoms with Crippen molar-refractivity contribution >= 4 is 17.6 Å². The molecule has 1 atom stereocenters. The first kappa shape index (κ1) is 22.4. The van der Waals surface area contributed by atoms with Crippen LogP contribution in [0.25, 0.3) is 0 Å². The Kier molecular flexibility index (Phi) is 8.96. The van der Waals surface area contributed by atoms with Crippen molar-refractivity contribution in [3.8, 4) is 0 Å². The number of nitrogens with one attached hydrogen (secondary N) is 1. The zero-order valence-electron chi connectivity index (χ0n) is 17.9. The maximum atomic E-state index is 13.1. The fraction of sp³-hybridized carbons (Fsp3) is 0.762. The van der Waals surface area contributed by atoms with Crippen LogP contribution in [0.1, 0.15) is 65.1 Å².